The number of anilines is 4. The monoisotopic (exact) mass is 656 g/mol. The molecule has 50 heavy (non-hydrogen) atoms. The van der Waals surface area contributed by atoms with Gasteiger partial charge >= 0.3 is 0 Å². The van der Waals surface area contributed by atoms with Crippen LogP contribution in [0.5, 0.6) is 11.5 Å². The van der Waals surface area contributed by atoms with Gasteiger partial charge in [0.25, 0.3) is 0 Å². The van der Waals surface area contributed by atoms with E-state index in [0.29, 0.717) is 0 Å². The lowest BCUT2D eigenvalue weighted by Gasteiger charge is -2.40. The van der Waals surface area contributed by atoms with E-state index < -0.39 is 0 Å². The Morgan fingerprint density at radius 2 is 1.20 bits per heavy atom. The number of hydrogen-bond donors (Lipinski definition) is 0. The maximum absolute atomic E-state index is 6.64. The van der Waals surface area contributed by atoms with Gasteiger partial charge in [0.15, 0.2) is 0 Å². The zero-order chi connectivity index (χ0) is 34.6. The minimum absolute atomic E-state index is 0.0137. The standard InChI is InChI=1S/C45H44N4O/c1-44(2,3)31-24-25-46-43(28-31)49-38-18-9-7-16-35(38)36-23-22-34(30-42(36)49)50-33-15-13-14-32(29-33)47-26-27-48(41-21-12-11-20-40(41)47)39-19-10-8-17-37(39)45(4,5)6/h7-25,28-30H,26-27H2,1-6H3. The van der Waals surface area contributed by atoms with E-state index in [9.17, 15) is 0 Å². The summed E-state index contributed by atoms with van der Waals surface area (Å²) in [6.07, 6.45) is 1.92. The van der Waals surface area contributed by atoms with Gasteiger partial charge in [-0.15, -0.1) is 0 Å². The summed E-state index contributed by atoms with van der Waals surface area (Å²) in [7, 11) is 0. The molecule has 1 aliphatic heterocycles. The van der Waals surface area contributed by atoms with E-state index in [1.54, 1.807) is 0 Å². The molecule has 0 radical (unpaired) electrons. The Bertz CT molecular complexity index is 2360. The van der Waals surface area contributed by atoms with Gasteiger partial charge in [-0.3, -0.25) is 4.57 Å². The van der Waals surface area contributed by atoms with Crippen LogP contribution in [0.15, 0.2) is 134 Å². The summed E-state index contributed by atoms with van der Waals surface area (Å²) in [6, 6.07) is 45.3. The Morgan fingerprint density at radius 1 is 0.540 bits per heavy atom. The van der Waals surface area contributed by atoms with Crippen LogP contribution < -0.4 is 14.5 Å². The Kier molecular flexibility index (Phi) is 7.67. The number of ether oxygens (including phenoxy) is 1. The van der Waals surface area contributed by atoms with Crippen LogP contribution >= 0.6 is 0 Å². The first kappa shape index (κ1) is 31.7. The smallest absolute Gasteiger partial charge is 0.137 e. The molecule has 0 fully saturated rings. The van der Waals surface area contributed by atoms with Crippen LogP contribution in [0.1, 0.15) is 52.7 Å². The number of nitrogens with zero attached hydrogens (tertiary/aromatic N) is 4. The zero-order valence-corrected chi connectivity index (χ0v) is 29.8. The van der Waals surface area contributed by atoms with Crippen molar-refractivity contribution in [3.63, 3.8) is 0 Å². The van der Waals surface area contributed by atoms with Gasteiger partial charge in [-0.2, -0.15) is 0 Å². The third-order valence-corrected chi connectivity index (χ3v) is 9.86. The summed E-state index contributed by atoms with van der Waals surface area (Å²) in [5.41, 5.74) is 9.64. The number of pyridine rings is 1. The largest absolute Gasteiger partial charge is 0.457 e. The second-order valence-corrected chi connectivity index (χ2v) is 15.3. The maximum Gasteiger partial charge on any atom is 0.137 e. The second-order valence-electron chi connectivity index (χ2n) is 15.3. The number of para-hydroxylation sites is 4. The number of aromatic nitrogens is 2. The molecule has 3 heterocycles. The summed E-state index contributed by atoms with van der Waals surface area (Å²) >= 11 is 0. The maximum atomic E-state index is 6.64. The Morgan fingerprint density at radius 3 is 1.98 bits per heavy atom. The van der Waals surface area contributed by atoms with E-state index in [4.69, 9.17) is 9.72 Å². The number of benzene rings is 5. The molecule has 0 saturated heterocycles. The summed E-state index contributed by atoms with van der Waals surface area (Å²) in [5, 5.41) is 2.37. The first-order valence-electron chi connectivity index (χ1n) is 17.6. The molecule has 0 amide bonds. The SMILES string of the molecule is CC(C)(C)c1ccnc(-n2c3ccccc3c3ccc(Oc4cccc(N5CCN(c6ccccc6C(C)(C)C)c6ccccc65)c4)cc32)c1. The molecule has 5 nitrogen and oxygen atoms in total. The van der Waals surface area contributed by atoms with Gasteiger partial charge < -0.3 is 14.5 Å². The second kappa shape index (κ2) is 12.1. The van der Waals surface area contributed by atoms with Gasteiger partial charge in [0.2, 0.25) is 0 Å². The van der Waals surface area contributed by atoms with Crippen LogP contribution in [0.4, 0.5) is 22.7 Å². The van der Waals surface area contributed by atoms with Gasteiger partial charge in [0.05, 0.1) is 22.4 Å². The summed E-state index contributed by atoms with van der Waals surface area (Å²) < 4.78 is 8.90. The molecule has 5 heteroatoms. The van der Waals surface area contributed by atoms with Crippen molar-refractivity contribution in [2.24, 2.45) is 0 Å². The van der Waals surface area contributed by atoms with Crippen LogP contribution in [0, 0.1) is 0 Å². The lowest BCUT2D eigenvalue weighted by molar-refractivity contribution is 0.483. The molecule has 0 bridgehead atoms. The number of rotatable bonds is 5. The molecular formula is C45H44N4O. The molecule has 0 atom stereocenters. The minimum atomic E-state index is 0.0137. The molecule has 250 valence electrons. The average Bonchev–Trinajstić information content (AvgIpc) is 3.44. The van der Waals surface area contributed by atoms with Gasteiger partial charge in [-0.1, -0.05) is 96.1 Å². The Labute approximate surface area is 295 Å². The van der Waals surface area contributed by atoms with Gasteiger partial charge in [0, 0.05) is 53.6 Å². The van der Waals surface area contributed by atoms with Crippen molar-refractivity contribution in [1.29, 1.82) is 0 Å². The Hall–Kier alpha value is -5.55. The first-order chi connectivity index (χ1) is 24.1. The molecule has 2 aromatic heterocycles. The molecule has 0 unspecified atom stereocenters. The van der Waals surface area contributed by atoms with E-state index in [1.807, 2.05) is 12.3 Å². The van der Waals surface area contributed by atoms with Crippen molar-refractivity contribution >= 4 is 44.6 Å². The van der Waals surface area contributed by atoms with E-state index in [0.717, 1.165) is 47.1 Å². The Balaban J connectivity index is 1.15. The molecule has 8 rings (SSSR count). The van der Waals surface area contributed by atoms with Gasteiger partial charge in [-0.05, 0) is 82.6 Å². The van der Waals surface area contributed by atoms with Crippen LogP contribution in [0.3, 0.4) is 0 Å². The van der Waals surface area contributed by atoms with Crippen molar-refractivity contribution in [3.05, 3.63) is 145 Å². The van der Waals surface area contributed by atoms with Crippen molar-refractivity contribution < 1.29 is 4.74 Å². The van der Waals surface area contributed by atoms with Gasteiger partial charge in [-0.25, -0.2) is 4.98 Å². The fourth-order valence-electron chi connectivity index (χ4n) is 7.34. The lowest BCUT2D eigenvalue weighted by atomic mass is 9.85. The predicted molar refractivity (Wildman–Crippen MR) is 209 cm³/mol. The van der Waals surface area contributed by atoms with Crippen molar-refractivity contribution in [3.8, 4) is 17.3 Å². The van der Waals surface area contributed by atoms with Crippen molar-refractivity contribution in [2.45, 2.75) is 52.4 Å². The minimum Gasteiger partial charge on any atom is -0.457 e. The molecule has 0 spiro atoms. The fourth-order valence-corrected chi connectivity index (χ4v) is 7.34. The molecule has 1 aliphatic rings. The van der Waals surface area contributed by atoms with E-state index in [2.05, 4.69) is 177 Å². The fraction of sp³-hybridized carbons (Fsp3) is 0.222. The first-order valence-corrected chi connectivity index (χ1v) is 17.6. The highest BCUT2D eigenvalue weighted by Gasteiger charge is 2.28. The lowest BCUT2D eigenvalue weighted by Crippen LogP contribution is -2.37. The average molecular weight is 657 g/mol. The predicted octanol–water partition coefficient (Wildman–Crippen LogP) is 11.9. The summed E-state index contributed by atoms with van der Waals surface area (Å²) in [6.45, 7) is 15.3. The third-order valence-electron chi connectivity index (χ3n) is 9.86. The summed E-state index contributed by atoms with van der Waals surface area (Å²) in [5.74, 6) is 2.50. The van der Waals surface area contributed by atoms with E-state index in [1.165, 1.54) is 39.0 Å². The molecule has 0 N–H and O–H groups in total. The van der Waals surface area contributed by atoms with E-state index in [-0.39, 0.29) is 10.8 Å². The zero-order valence-electron chi connectivity index (χ0n) is 29.8. The molecule has 7 aromatic rings. The highest BCUT2D eigenvalue weighted by Crippen LogP contribution is 2.44. The number of fused-ring (bicyclic) bond motifs is 4. The number of hydrogen-bond acceptors (Lipinski definition) is 4. The van der Waals surface area contributed by atoms with Crippen LogP contribution in [0.25, 0.3) is 27.6 Å². The normalized spacial score (nSPS) is 13.6. The third kappa shape index (κ3) is 5.67. The van der Waals surface area contributed by atoms with Crippen molar-refractivity contribution in [2.75, 3.05) is 22.9 Å². The van der Waals surface area contributed by atoms with Crippen molar-refractivity contribution in [1.82, 2.24) is 9.55 Å². The molecule has 0 aliphatic carbocycles. The quantitative estimate of drug-likeness (QED) is 0.185. The van der Waals surface area contributed by atoms with Crippen LogP contribution in [-0.4, -0.2) is 22.6 Å². The van der Waals surface area contributed by atoms with Gasteiger partial charge in [0.1, 0.15) is 17.3 Å². The van der Waals surface area contributed by atoms with Crippen LogP contribution in [-0.2, 0) is 10.8 Å². The topological polar surface area (TPSA) is 33.5 Å². The summed E-state index contributed by atoms with van der Waals surface area (Å²) in [4.78, 5) is 9.73. The highest BCUT2D eigenvalue weighted by atomic mass is 16.5. The van der Waals surface area contributed by atoms with Crippen LogP contribution in [0.2, 0.25) is 0 Å². The molecule has 5 aromatic carbocycles. The van der Waals surface area contributed by atoms with E-state index >= 15 is 0 Å². The molecule has 0 saturated carbocycles. The molecular weight excluding hydrogens is 613 g/mol. The highest BCUT2D eigenvalue weighted by molar-refractivity contribution is 6.09.